The number of imidazole rings is 1. The van der Waals surface area contributed by atoms with Crippen LogP contribution in [0.3, 0.4) is 0 Å². The lowest BCUT2D eigenvalue weighted by atomic mass is 10.2. The summed E-state index contributed by atoms with van der Waals surface area (Å²) in [4.78, 5) is 12.8. The fraction of sp³-hybridized carbons (Fsp3) is 0.737. The van der Waals surface area contributed by atoms with Gasteiger partial charge < -0.3 is 19.3 Å². The fourth-order valence-electron chi connectivity index (χ4n) is 3.19. The summed E-state index contributed by atoms with van der Waals surface area (Å²) in [6.45, 7) is 18.4. The van der Waals surface area contributed by atoms with Crippen molar-refractivity contribution in [2.45, 2.75) is 83.4 Å². The number of hydrogen-bond acceptors (Lipinski definition) is 7. The predicted octanol–water partition coefficient (Wildman–Crippen LogP) is 3.94. The van der Waals surface area contributed by atoms with Gasteiger partial charge in [-0.3, -0.25) is 4.57 Å². The van der Waals surface area contributed by atoms with Crippen molar-refractivity contribution in [1.82, 2.24) is 19.5 Å². The van der Waals surface area contributed by atoms with Crippen LogP contribution in [-0.2, 0) is 13.6 Å². The minimum atomic E-state index is -1.88. The van der Waals surface area contributed by atoms with Crippen LogP contribution in [0.4, 0.5) is 5.82 Å². The van der Waals surface area contributed by atoms with Gasteiger partial charge in [-0.25, -0.2) is 15.0 Å². The van der Waals surface area contributed by atoms with Crippen molar-refractivity contribution in [3.63, 3.8) is 0 Å². The highest BCUT2D eigenvalue weighted by molar-refractivity contribution is 6.74. The molecule has 29 heavy (non-hydrogen) atoms. The lowest BCUT2D eigenvalue weighted by Gasteiger charge is -2.37. The maximum Gasteiger partial charge on any atom is 0.192 e. The van der Waals surface area contributed by atoms with E-state index in [1.165, 1.54) is 6.33 Å². The van der Waals surface area contributed by atoms with E-state index in [1.807, 2.05) is 4.57 Å². The van der Waals surface area contributed by atoms with Crippen LogP contribution in [-0.4, -0.2) is 55.0 Å². The summed E-state index contributed by atoms with van der Waals surface area (Å²) in [5.74, 6) is 0.374. The van der Waals surface area contributed by atoms with Crippen LogP contribution < -0.4 is 5.73 Å². The predicted molar refractivity (Wildman–Crippen MR) is 120 cm³/mol. The highest BCUT2D eigenvalue weighted by atomic mass is 28.4. The lowest BCUT2D eigenvalue weighted by molar-refractivity contribution is -0.0376. The minimum Gasteiger partial charge on any atom is -0.414 e. The minimum absolute atomic E-state index is 0.0203. The van der Waals surface area contributed by atoms with Crippen LogP contribution in [0.5, 0.6) is 0 Å². The molecule has 0 aromatic carbocycles. The molecule has 0 aliphatic carbocycles. The molecule has 1 saturated heterocycles. The van der Waals surface area contributed by atoms with E-state index >= 15 is 0 Å². The average molecular weight is 438 g/mol. The first-order chi connectivity index (χ1) is 13.3. The SMILES string of the molecule is CC(C)(C)[Si](C)(C)OC[C@@H]1O[C@H](n2cnc3c(N)ncnc32)CC1O[Si](C)(C)C. The van der Waals surface area contributed by atoms with Gasteiger partial charge in [0.1, 0.15) is 24.2 Å². The number of anilines is 1. The zero-order chi connectivity index (χ0) is 21.6. The first kappa shape index (κ1) is 22.4. The summed E-state index contributed by atoms with van der Waals surface area (Å²) >= 11 is 0. The van der Waals surface area contributed by atoms with Gasteiger partial charge in [0.2, 0.25) is 0 Å². The third kappa shape index (κ3) is 4.88. The van der Waals surface area contributed by atoms with E-state index in [9.17, 15) is 0 Å². The maximum absolute atomic E-state index is 6.48. The first-order valence-electron chi connectivity index (χ1n) is 10.2. The monoisotopic (exact) mass is 437 g/mol. The quantitative estimate of drug-likeness (QED) is 0.684. The van der Waals surface area contributed by atoms with Gasteiger partial charge in [-0.05, 0) is 37.8 Å². The van der Waals surface area contributed by atoms with Crippen LogP contribution in [0.25, 0.3) is 11.2 Å². The Labute approximate surface area is 175 Å². The van der Waals surface area contributed by atoms with Crippen molar-refractivity contribution in [2.24, 2.45) is 0 Å². The Hall–Kier alpha value is -1.34. The Kier molecular flexibility index (Phi) is 5.96. The largest absolute Gasteiger partial charge is 0.414 e. The molecule has 1 aliphatic heterocycles. The maximum atomic E-state index is 6.48. The second-order valence-electron chi connectivity index (χ2n) is 10.3. The van der Waals surface area contributed by atoms with Crippen molar-refractivity contribution >= 4 is 33.6 Å². The highest BCUT2D eigenvalue weighted by Gasteiger charge is 2.43. The van der Waals surface area contributed by atoms with Gasteiger partial charge in [-0.15, -0.1) is 0 Å². The number of nitrogen functional groups attached to an aromatic ring is 1. The highest BCUT2D eigenvalue weighted by Crippen LogP contribution is 2.39. The Morgan fingerprint density at radius 1 is 1.17 bits per heavy atom. The molecule has 3 rings (SSSR count). The Bertz CT molecular complexity index is 860. The molecule has 0 radical (unpaired) electrons. The van der Waals surface area contributed by atoms with Gasteiger partial charge in [0.25, 0.3) is 0 Å². The molecule has 162 valence electrons. The van der Waals surface area contributed by atoms with Crippen molar-refractivity contribution in [1.29, 1.82) is 0 Å². The molecule has 2 aromatic rings. The van der Waals surface area contributed by atoms with Crippen LogP contribution in [0, 0.1) is 0 Å². The standard InChI is InChI=1S/C19H35N5O3Si2/c1-19(2,3)29(7,8)25-10-14-13(27-28(4,5)6)9-15(26-14)24-12-23-16-17(20)21-11-22-18(16)24/h11-15H,9-10H2,1-8H3,(H2,20,21,22)/t13?,14-,15-/m0/s1. The number of nitrogens with two attached hydrogens (primary N) is 1. The summed E-state index contributed by atoms with van der Waals surface area (Å²) in [6.07, 6.45) is 3.54. The second kappa shape index (κ2) is 7.73. The Balaban J connectivity index is 1.82. The molecular formula is C19H35N5O3Si2. The molecule has 2 N–H and O–H groups in total. The number of hydrogen-bond donors (Lipinski definition) is 1. The summed E-state index contributed by atoms with van der Waals surface area (Å²) in [6, 6.07) is 0. The number of rotatable bonds is 6. The van der Waals surface area contributed by atoms with Crippen LogP contribution in [0.1, 0.15) is 33.4 Å². The Morgan fingerprint density at radius 3 is 2.48 bits per heavy atom. The van der Waals surface area contributed by atoms with Gasteiger partial charge in [-0.2, -0.15) is 0 Å². The van der Waals surface area contributed by atoms with Gasteiger partial charge in [-0.1, -0.05) is 20.8 Å². The zero-order valence-corrected chi connectivity index (χ0v) is 20.9. The average Bonchev–Trinajstić information content (AvgIpc) is 3.15. The van der Waals surface area contributed by atoms with Crippen molar-refractivity contribution in [2.75, 3.05) is 12.3 Å². The molecule has 0 bridgehead atoms. The van der Waals surface area contributed by atoms with E-state index in [-0.39, 0.29) is 23.5 Å². The van der Waals surface area contributed by atoms with E-state index in [0.717, 1.165) is 6.42 Å². The third-order valence-electron chi connectivity index (χ3n) is 5.80. The first-order valence-corrected chi connectivity index (χ1v) is 16.5. The van der Waals surface area contributed by atoms with Gasteiger partial charge >= 0.3 is 0 Å². The number of fused-ring (bicyclic) bond motifs is 1. The molecule has 0 amide bonds. The van der Waals surface area contributed by atoms with E-state index in [1.54, 1.807) is 6.33 Å². The molecule has 0 saturated carbocycles. The molecule has 8 nitrogen and oxygen atoms in total. The lowest BCUT2D eigenvalue weighted by Crippen LogP contribution is -2.45. The smallest absolute Gasteiger partial charge is 0.192 e. The van der Waals surface area contributed by atoms with E-state index < -0.39 is 16.6 Å². The molecule has 1 aliphatic rings. The zero-order valence-electron chi connectivity index (χ0n) is 18.9. The van der Waals surface area contributed by atoms with E-state index in [2.05, 4.69) is 68.5 Å². The third-order valence-corrected chi connectivity index (χ3v) is 11.3. The molecule has 1 unspecified atom stereocenters. The molecule has 3 heterocycles. The topological polar surface area (TPSA) is 97.3 Å². The van der Waals surface area contributed by atoms with Crippen LogP contribution in [0.15, 0.2) is 12.7 Å². The molecule has 3 atom stereocenters. The van der Waals surface area contributed by atoms with Crippen LogP contribution >= 0.6 is 0 Å². The van der Waals surface area contributed by atoms with Crippen LogP contribution in [0.2, 0.25) is 37.8 Å². The number of aromatic nitrogens is 4. The summed E-state index contributed by atoms with van der Waals surface area (Å²) in [5, 5.41) is 0.148. The van der Waals surface area contributed by atoms with Gasteiger partial charge in [0.15, 0.2) is 28.1 Å². The summed E-state index contributed by atoms with van der Waals surface area (Å²) in [5.41, 5.74) is 7.22. The molecule has 10 heteroatoms. The van der Waals surface area contributed by atoms with Gasteiger partial charge in [0.05, 0.1) is 19.0 Å². The Morgan fingerprint density at radius 2 is 1.86 bits per heavy atom. The summed E-state index contributed by atoms with van der Waals surface area (Å²) < 4.78 is 21.3. The second-order valence-corrected chi connectivity index (χ2v) is 19.6. The fourth-order valence-corrected chi connectivity index (χ4v) is 5.36. The van der Waals surface area contributed by atoms with E-state index in [0.29, 0.717) is 23.6 Å². The molecule has 0 spiro atoms. The van der Waals surface area contributed by atoms with E-state index in [4.69, 9.17) is 19.3 Å². The normalized spacial score (nSPS) is 23.8. The number of ether oxygens (including phenoxy) is 1. The molecule has 1 fully saturated rings. The molecule has 2 aromatic heterocycles. The van der Waals surface area contributed by atoms with Crippen molar-refractivity contribution in [3.05, 3.63) is 12.7 Å². The van der Waals surface area contributed by atoms with Gasteiger partial charge in [0, 0.05) is 6.42 Å². The van der Waals surface area contributed by atoms with Crippen molar-refractivity contribution in [3.8, 4) is 0 Å². The molecular weight excluding hydrogens is 402 g/mol. The summed E-state index contributed by atoms with van der Waals surface area (Å²) in [7, 11) is -3.63. The number of nitrogens with zero attached hydrogens (tertiary/aromatic N) is 4. The van der Waals surface area contributed by atoms with Crippen molar-refractivity contribution < 1.29 is 13.6 Å².